The summed E-state index contributed by atoms with van der Waals surface area (Å²) in [7, 11) is 4.09. The number of rotatable bonds is 7. The van der Waals surface area contributed by atoms with Crippen LogP contribution in [0.25, 0.3) is 0 Å². The summed E-state index contributed by atoms with van der Waals surface area (Å²) in [4.78, 5) is 6.25. The molecule has 0 saturated heterocycles. The first kappa shape index (κ1) is 12.9. The van der Waals surface area contributed by atoms with Crippen LogP contribution in [0.1, 0.15) is 5.69 Å². The molecule has 1 N–H and O–H groups in total. The Morgan fingerprint density at radius 3 is 2.88 bits per heavy atom. The van der Waals surface area contributed by atoms with Gasteiger partial charge in [-0.2, -0.15) is 0 Å². The number of hydrogen-bond acceptors (Lipinski definition) is 4. The molecule has 0 aliphatic rings. The van der Waals surface area contributed by atoms with Crippen LogP contribution in [0, 0.1) is 6.92 Å². The molecule has 1 aromatic rings. The summed E-state index contributed by atoms with van der Waals surface area (Å²) in [6.07, 6.45) is 1.81. The summed E-state index contributed by atoms with van der Waals surface area (Å²) in [6.45, 7) is 5.29. The lowest BCUT2D eigenvalue weighted by Crippen LogP contribution is -2.20. The van der Waals surface area contributed by atoms with Crippen molar-refractivity contribution in [1.82, 2.24) is 9.88 Å². The van der Waals surface area contributed by atoms with Crippen LogP contribution in [0.2, 0.25) is 0 Å². The second-order valence-corrected chi connectivity index (χ2v) is 4.03. The number of nitrogens with zero attached hydrogens (tertiary/aromatic N) is 2. The van der Waals surface area contributed by atoms with Crippen molar-refractivity contribution in [2.45, 2.75) is 6.92 Å². The van der Waals surface area contributed by atoms with E-state index in [-0.39, 0.29) is 0 Å². The fourth-order valence-corrected chi connectivity index (χ4v) is 1.27. The van der Waals surface area contributed by atoms with Gasteiger partial charge in [-0.1, -0.05) is 0 Å². The van der Waals surface area contributed by atoms with E-state index in [0.29, 0.717) is 0 Å². The van der Waals surface area contributed by atoms with E-state index in [9.17, 15) is 0 Å². The van der Waals surface area contributed by atoms with E-state index < -0.39 is 0 Å². The highest BCUT2D eigenvalue weighted by Crippen LogP contribution is 2.05. The topological polar surface area (TPSA) is 37.4 Å². The molecule has 1 aromatic heterocycles. The summed E-state index contributed by atoms with van der Waals surface area (Å²) < 4.78 is 5.48. The first-order valence-corrected chi connectivity index (χ1v) is 5.57. The largest absolute Gasteiger partial charge is 0.383 e. The van der Waals surface area contributed by atoms with Gasteiger partial charge in [0.2, 0.25) is 0 Å². The first-order chi connectivity index (χ1) is 7.68. The molecule has 1 rings (SSSR count). The Balaban J connectivity index is 2.07. The van der Waals surface area contributed by atoms with Gasteiger partial charge in [0.15, 0.2) is 0 Å². The van der Waals surface area contributed by atoms with Crippen molar-refractivity contribution < 1.29 is 4.74 Å². The second-order valence-electron chi connectivity index (χ2n) is 4.03. The Kier molecular flexibility index (Phi) is 5.82. The Morgan fingerprint density at radius 2 is 2.19 bits per heavy atom. The number of nitrogens with one attached hydrogen (secondary N) is 1. The van der Waals surface area contributed by atoms with E-state index in [1.54, 1.807) is 0 Å². The molecule has 0 amide bonds. The molecule has 0 aromatic carbocycles. The summed E-state index contributed by atoms with van der Waals surface area (Å²) in [5, 5.41) is 3.29. The molecule has 0 unspecified atom stereocenters. The number of aromatic nitrogens is 1. The van der Waals surface area contributed by atoms with Gasteiger partial charge in [0, 0.05) is 30.7 Å². The fraction of sp³-hybridized carbons (Fsp3) is 0.583. The lowest BCUT2D eigenvalue weighted by molar-refractivity contribution is 0.126. The molecule has 16 heavy (non-hydrogen) atoms. The average Bonchev–Trinajstić information content (AvgIpc) is 2.23. The molecule has 0 spiro atoms. The van der Waals surface area contributed by atoms with Crippen molar-refractivity contribution in [2.24, 2.45) is 0 Å². The molecule has 1 heterocycles. The number of anilines is 1. The monoisotopic (exact) mass is 223 g/mol. The molecule has 0 bridgehead atoms. The molecule has 4 heteroatoms. The summed E-state index contributed by atoms with van der Waals surface area (Å²) in [6, 6.07) is 3.99. The van der Waals surface area contributed by atoms with E-state index in [4.69, 9.17) is 4.74 Å². The minimum atomic E-state index is 0.731. The van der Waals surface area contributed by atoms with Crippen molar-refractivity contribution in [3.05, 3.63) is 24.0 Å². The molecule has 0 aliphatic carbocycles. The number of likely N-dealkylation sites (N-methyl/N-ethyl adjacent to an activating group) is 1. The highest BCUT2D eigenvalue weighted by Gasteiger charge is 1.93. The van der Waals surface area contributed by atoms with E-state index in [2.05, 4.69) is 15.2 Å². The SMILES string of the molecule is Cc1cc(NCCOCCN(C)C)ccn1. The Hall–Kier alpha value is -1.13. The van der Waals surface area contributed by atoms with Crippen LogP contribution in [0.3, 0.4) is 0 Å². The van der Waals surface area contributed by atoms with Gasteiger partial charge >= 0.3 is 0 Å². The summed E-state index contributed by atoms with van der Waals surface area (Å²) in [5.41, 5.74) is 2.13. The van der Waals surface area contributed by atoms with Gasteiger partial charge in [0.05, 0.1) is 13.2 Å². The Labute approximate surface area is 97.6 Å². The minimum Gasteiger partial charge on any atom is -0.383 e. The predicted octanol–water partition coefficient (Wildman–Crippen LogP) is 1.38. The van der Waals surface area contributed by atoms with Crippen LogP contribution < -0.4 is 5.32 Å². The van der Waals surface area contributed by atoms with Gasteiger partial charge in [-0.25, -0.2) is 0 Å². The first-order valence-electron chi connectivity index (χ1n) is 5.57. The molecule has 4 nitrogen and oxygen atoms in total. The van der Waals surface area contributed by atoms with Crippen LogP contribution in [0.15, 0.2) is 18.3 Å². The lowest BCUT2D eigenvalue weighted by atomic mass is 10.3. The van der Waals surface area contributed by atoms with E-state index in [0.717, 1.165) is 37.7 Å². The molecular weight excluding hydrogens is 202 g/mol. The van der Waals surface area contributed by atoms with Crippen LogP contribution in [0.4, 0.5) is 5.69 Å². The third-order valence-corrected chi connectivity index (χ3v) is 2.16. The smallest absolute Gasteiger partial charge is 0.0639 e. The van der Waals surface area contributed by atoms with Crippen LogP contribution >= 0.6 is 0 Å². The Bertz CT molecular complexity index is 302. The zero-order valence-electron chi connectivity index (χ0n) is 10.4. The zero-order chi connectivity index (χ0) is 11.8. The highest BCUT2D eigenvalue weighted by molar-refractivity contribution is 5.42. The van der Waals surface area contributed by atoms with Gasteiger partial charge in [0.1, 0.15) is 0 Å². The highest BCUT2D eigenvalue weighted by atomic mass is 16.5. The van der Waals surface area contributed by atoms with E-state index in [1.807, 2.05) is 39.3 Å². The Morgan fingerprint density at radius 1 is 1.38 bits per heavy atom. The van der Waals surface area contributed by atoms with Crippen LogP contribution in [-0.2, 0) is 4.74 Å². The third kappa shape index (κ3) is 5.68. The van der Waals surface area contributed by atoms with Gasteiger partial charge in [-0.3, -0.25) is 4.98 Å². The molecule has 90 valence electrons. The van der Waals surface area contributed by atoms with Gasteiger partial charge in [0.25, 0.3) is 0 Å². The molecule has 0 fully saturated rings. The van der Waals surface area contributed by atoms with Crippen molar-refractivity contribution in [3.8, 4) is 0 Å². The van der Waals surface area contributed by atoms with Crippen LogP contribution in [-0.4, -0.2) is 50.3 Å². The quantitative estimate of drug-likeness (QED) is 0.709. The van der Waals surface area contributed by atoms with Gasteiger partial charge in [-0.15, -0.1) is 0 Å². The van der Waals surface area contributed by atoms with E-state index in [1.165, 1.54) is 0 Å². The third-order valence-electron chi connectivity index (χ3n) is 2.16. The minimum absolute atomic E-state index is 0.731. The van der Waals surface area contributed by atoms with Gasteiger partial charge in [-0.05, 0) is 33.2 Å². The number of pyridine rings is 1. The lowest BCUT2D eigenvalue weighted by Gasteiger charge is -2.10. The standard InChI is InChI=1S/C12H21N3O/c1-11-10-12(4-5-13-11)14-6-8-16-9-7-15(2)3/h4-5,10H,6-9H2,1-3H3,(H,13,14). The number of ether oxygens (including phenoxy) is 1. The maximum atomic E-state index is 5.48. The molecule has 0 aliphatic heterocycles. The maximum Gasteiger partial charge on any atom is 0.0639 e. The molecular formula is C12H21N3O. The van der Waals surface area contributed by atoms with Crippen molar-refractivity contribution in [3.63, 3.8) is 0 Å². The zero-order valence-corrected chi connectivity index (χ0v) is 10.4. The summed E-state index contributed by atoms with van der Waals surface area (Å²) in [5.74, 6) is 0. The molecule has 0 saturated carbocycles. The van der Waals surface area contributed by atoms with Crippen molar-refractivity contribution in [1.29, 1.82) is 0 Å². The fourth-order valence-electron chi connectivity index (χ4n) is 1.27. The predicted molar refractivity (Wildman–Crippen MR) is 66.8 cm³/mol. The van der Waals surface area contributed by atoms with Crippen LogP contribution in [0.5, 0.6) is 0 Å². The number of hydrogen-bond donors (Lipinski definition) is 1. The van der Waals surface area contributed by atoms with Crippen molar-refractivity contribution >= 4 is 5.69 Å². The average molecular weight is 223 g/mol. The van der Waals surface area contributed by atoms with Gasteiger partial charge < -0.3 is 15.0 Å². The maximum absolute atomic E-state index is 5.48. The number of aryl methyl sites for hydroxylation is 1. The second kappa shape index (κ2) is 7.19. The molecule has 0 radical (unpaired) electrons. The van der Waals surface area contributed by atoms with E-state index >= 15 is 0 Å². The molecule has 0 atom stereocenters. The normalized spacial score (nSPS) is 10.8. The summed E-state index contributed by atoms with van der Waals surface area (Å²) >= 11 is 0. The van der Waals surface area contributed by atoms with Crippen molar-refractivity contribution in [2.75, 3.05) is 45.7 Å².